The molecule has 1 aliphatic carbocycles. The average molecular weight is 326 g/mol. The van der Waals surface area contributed by atoms with Crippen molar-refractivity contribution in [1.82, 2.24) is 5.32 Å². The summed E-state index contributed by atoms with van der Waals surface area (Å²) in [7, 11) is 1.55. The molecule has 122 valence electrons. The first-order valence-electron chi connectivity index (χ1n) is 7.80. The van der Waals surface area contributed by atoms with Gasteiger partial charge in [0, 0.05) is 18.7 Å². The van der Waals surface area contributed by atoms with Gasteiger partial charge in [0.15, 0.2) is 0 Å². The maximum Gasteiger partial charge on any atom is 0.230 e. The monoisotopic (exact) mass is 325 g/mol. The lowest BCUT2D eigenvalue weighted by Gasteiger charge is -2.28. The average Bonchev–Trinajstić information content (AvgIpc) is 2.99. The molecule has 0 bridgehead atoms. The highest BCUT2D eigenvalue weighted by molar-refractivity contribution is 6.30. The number of methoxy groups -OCH3 is 1. The second-order valence-electron chi connectivity index (χ2n) is 5.95. The van der Waals surface area contributed by atoms with Crippen LogP contribution >= 0.6 is 11.6 Å². The first kappa shape index (κ1) is 17.3. The zero-order valence-electron chi connectivity index (χ0n) is 13.0. The van der Waals surface area contributed by atoms with Gasteiger partial charge in [-0.25, -0.2) is 0 Å². The van der Waals surface area contributed by atoms with E-state index >= 15 is 0 Å². The van der Waals surface area contributed by atoms with Gasteiger partial charge in [0.25, 0.3) is 0 Å². The number of rotatable bonds is 7. The molecular weight excluding hydrogens is 302 g/mol. The van der Waals surface area contributed by atoms with Crippen LogP contribution < -0.4 is 5.32 Å². The Bertz CT molecular complexity index is 483. The largest absolute Gasteiger partial charge is 0.391 e. The van der Waals surface area contributed by atoms with Crippen LogP contribution in [0.2, 0.25) is 5.02 Å². The first-order valence-corrected chi connectivity index (χ1v) is 8.17. The summed E-state index contributed by atoms with van der Waals surface area (Å²) in [5.41, 5.74) is 0.584. The van der Waals surface area contributed by atoms with Crippen molar-refractivity contribution in [2.45, 2.75) is 43.6 Å². The van der Waals surface area contributed by atoms with Gasteiger partial charge in [-0.15, -0.1) is 0 Å². The highest BCUT2D eigenvalue weighted by Gasteiger charge is 2.42. The molecule has 2 rings (SSSR count). The number of aliphatic hydroxyl groups is 1. The quantitative estimate of drug-likeness (QED) is 0.810. The maximum absolute atomic E-state index is 12.7. The minimum Gasteiger partial charge on any atom is -0.391 e. The van der Waals surface area contributed by atoms with Crippen LogP contribution in [0.3, 0.4) is 0 Å². The molecule has 1 saturated carbocycles. The summed E-state index contributed by atoms with van der Waals surface area (Å²) in [4.78, 5) is 12.7. The SMILES string of the molecule is COCC(O)CCNC(=O)C1(c2ccc(Cl)cc2)CCCC1. The number of ether oxygens (including phenoxy) is 1. The molecule has 1 amide bonds. The van der Waals surface area contributed by atoms with E-state index in [1.165, 1.54) is 0 Å². The summed E-state index contributed by atoms with van der Waals surface area (Å²) >= 11 is 5.95. The molecule has 22 heavy (non-hydrogen) atoms. The van der Waals surface area contributed by atoms with E-state index in [9.17, 15) is 9.90 Å². The minimum absolute atomic E-state index is 0.0527. The first-order chi connectivity index (χ1) is 10.6. The third-order valence-electron chi connectivity index (χ3n) is 4.41. The third-order valence-corrected chi connectivity index (χ3v) is 4.66. The number of carbonyl (C=O) groups excluding carboxylic acids is 1. The van der Waals surface area contributed by atoms with Gasteiger partial charge in [-0.2, -0.15) is 0 Å². The van der Waals surface area contributed by atoms with Crippen LogP contribution in [0.5, 0.6) is 0 Å². The molecule has 0 heterocycles. The molecule has 0 aromatic heterocycles. The fourth-order valence-electron chi connectivity index (χ4n) is 3.19. The van der Waals surface area contributed by atoms with Crippen LogP contribution in [0.25, 0.3) is 0 Å². The Labute approximate surface area is 136 Å². The standard InChI is InChI=1S/C17H24ClNO3/c1-22-12-15(20)8-11-19-16(21)17(9-2-3-10-17)13-4-6-14(18)7-5-13/h4-7,15,20H,2-3,8-12H2,1H3,(H,19,21). The van der Waals surface area contributed by atoms with Crippen LogP contribution in [-0.4, -0.2) is 37.4 Å². The lowest BCUT2D eigenvalue weighted by Crippen LogP contribution is -2.43. The third kappa shape index (κ3) is 4.00. The molecule has 0 saturated heterocycles. The summed E-state index contributed by atoms with van der Waals surface area (Å²) in [6.45, 7) is 0.747. The van der Waals surface area contributed by atoms with Gasteiger partial charge in [-0.05, 0) is 37.0 Å². The Kier molecular flexibility index (Phi) is 6.24. The number of nitrogens with one attached hydrogen (secondary N) is 1. The summed E-state index contributed by atoms with van der Waals surface area (Å²) in [6.07, 6.45) is 3.80. The normalized spacial score (nSPS) is 18.1. The predicted octanol–water partition coefficient (Wildman–Crippen LogP) is 2.67. The van der Waals surface area contributed by atoms with Gasteiger partial charge in [-0.3, -0.25) is 4.79 Å². The molecule has 1 aliphatic rings. The lowest BCUT2D eigenvalue weighted by molar-refractivity contribution is -0.126. The van der Waals surface area contributed by atoms with E-state index < -0.39 is 11.5 Å². The second-order valence-corrected chi connectivity index (χ2v) is 6.39. The van der Waals surface area contributed by atoms with E-state index in [2.05, 4.69) is 5.32 Å². The van der Waals surface area contributed by atoms with Crippen molar-refractivity contribution in [1.29, 1.82) is 0 Å². The molecular formula is C17H24ClNO3. The highest BCUT2D eigenvalue weighted by atomic mass is 35.5. The van der Waals surface area contributed by atoms with Gasteiger partial charge in [0.1, 0.15) is 0 Å². The van der Waals surface area contributed by atoms with E-state index in [1.807, 2.05) is 24.3 Å². The number of hydrogen-bond acceptors (Lipinski definition) is 3. The summed E-state index contributed by atoms with van der Waals surface area (Å²) in [6, 6.07) is 7.58. The Morgan fingerprint density at radius 2 is 2.00 bits per heavy atom. The van der Waals surface area contributed by atoms with Crippen LogP contribution in [0, 0.1) is 0 Å². The number of carbonyl (C=O) groups is 1. The number of halogens is 1. The van der Waals surface area contributed by atoms with E-state index in [4.69, 9.17) is 16.3 Å². The molecule has 4 nitrogen and oxygen atoms in total. The van der Waals surface area contributed by atoms with Gasteiger partial charge in [0.05, 0.1) is 18.1 Å². The van der Waals surface area contributed by atoms with Crippen molar-refractivity contribution in [2.75, 3.05) is 20.3 Å². The van der Waals surface area contributed by atoms with Crippen LogP contribution in [-0.2, 0) is 14.9 Å². The van der Waals surface area contributed by atoms with E-state index in [0.717, 1.165) is 31.2 Å². The van der Waals surface area contributed by atoms with Gasteiger partial charge < -0.3 is 15.2 Å². The Hall–Kier alpha value is -1.10. The number of benzene rings is 1. The van der Waals surface area contributed by atoms with E-state index in [1.54, 1.807) is 7.11 Å². The summed E-state index contributed by atoms with van der Waals surface area (Å²) in [5, 5.41) is 13.3. The Balaban J connectivity index is 2.01. The number of hydrogen-bond donors (Lipinski definition) is 2. The smallest absolute Gasteiger partial charge is 0.230 e. The van der Waals surface area contributed by atoms with Crippen LogP contribution in [0.1, 0.15) is 37.7 Å². The van der Waals surface area contributed by atoms with Gasteiger partial charge >= 0.3 is 0 Å². The van der Waals surface area contributed by atoms with Crippen LogP contribution in [0.4, 0.5) is 0 Å². The van der Waals surface area contributed by atoms with Crippen LogP contribution in [0.15, 0.2) is 24.3 Å². The van der Waals surface area contributed by atoms with E-state index in [-0.39, 0.29) is 12.5 Å². The van der Waals surface area contributed by atoms with Crippen molar-refractivity contribution < 1.29 is 14.6 Å². The Morgan fingerprint density at radius 1 is 1.36 bits per heavy atom. The number of amides is 1. The zero-order valence-corrected chi connectivity index (χ0v) is 13.7. The van der Waals surface area contributed by atoms with Gasteiger partial charge in [0.2, 0.25) is 5.91 Å². The molecule has 0 aliphatic heterocycles. The van der Waals surface area contributed by atoms with Crippen molar-refractivity contribution in [3.05, 3.63) is 34.9 Å². The molecule has 0 radical (unpaired) electrons. The molecule has 5 heteroatoms. The van der Waals surface area contributed by atoms with Crippen molar-refractivity contribution >= 4 is 17.5 Å². The molecule has 1 atom stereocenters. The van der Waals surface area contributed by atoms with Crippen molar-refractivity contribution in [3.63, 3.8) is 0 Å². The van der Waals surface area contributed by atoms with E-state index in [0.29, 0.717) is 18.0 Å². The maximum atomic E-state index is 12.7. The lowest BCUT2D eigenvalue weighted by atomic mass is 9.78. The molecule has 1 fully saturated rings. The summed E-state index contributed by atoms with van der Waals surface area (Å²) < 4.78 is 4.89. The fraction of sp³-hybridized carbons (Fsp3) is 0.588. The highest BCUT2D eigenvalue weighted by Crippen LogP contribution is 2.41. The molecule has 1 unspecified atom stereocenters. The molecule has 1 aromatic carbocycles. The Morgan fingerprint density at radius 3 is 2.59 bits per heavy atom. The van der Waals surface area contributed by atoms with Crippen molar-refractivity contribution in [2.24, 2.45) is 0 Å². The summed E-state index contributed by atoms with van der Waals surface area (Å²) in [5.74, 6) is 0.0527. The van der Waals surface area contributed by atoms with Crippen molar-refractivity contribution in [3.8, 4) is 0 Å². The number of aliphatic hydroxyl groups excluding tert-OH is 1. The second kappa shape index (κ2) is 7.95. The zero-order chi connectivity index (χ0) is 16.0. The predicted molar refractivity (Wildman–Crippen MR) is 87.1 cm³/mol. The molecule has 2 N–H and O–H groups in total. The molecule has 1 aromatic rings. The fourth-order valence-corrected chi connectivity index (χ4v) is 3.32. The molecule has 0 spiro atoms. The van der Waals surface area contributed by atoms with Gasteiger partial charge in [-0.1, -0.05) is 36.6 Å². The topological polar surface area (TPSA) is 58.6 Å². The minimum atomic E-state index is -0.541.